The Labute approximate surface area is 117 Å². The van der Waals surface area contributed by atoms with Crippen molar-refractivity contribution in [2.24, 2.45) is 0 Å². The van der Waals surface area contributed by atoms with Gasteiger partial charge >= 0.3 is 57.4 Å². The molecule has 5 heteroatoms. The second-order valence-corrected chi connectivity index (χ2v) is 2.55. The maximum Gasteiger partial charge on any atom is 1.00 e. The van der Waals surface area contributed by atoms with E-state index in [1.165, 1.54) is 12.1 Å². The van der Waals surface area contributed by atoms with Gasteiger partial charge in [0, 0.05) is 0 Å². The van der Waals surface area contributed by atoms with Gasteiger partial charge in [0.05, 0.1) is 5.56 Å². The molecule has 0 aliphatic rings. The molecular weight excluding hydrogens is 203 g/mol. The van der Waals surface area contributed by atoms with Crippen LogP contribution in [0.1, 0.15) is 10.4 Å². The van der Waals surface area contributed by atoms with Gasteiger partial charge in [0.2, 0.25) is 0 Å². The normalized spacial score (nSPS) is 8.75. The molecular formula is C7H5KO3S. The van der Waals surface area contributed by atoms with Crippen molar-refractivity contribution < 1.29 is 65.8 Å². The van der Waals surface area contributed by atoms with Crippen LogP contribution in [0, 0.1) is 0 Å². The van der Waals surface area contributed by atoms with Crippen LogP contribution in [-0.2, 0) is 0 Å². The molecule has 0 radical (unpaired) electrons. The van der Waals surface area contributed by atoms with Gasteiger partial charge in [0.15, 0.2) is 0 Å². The molecule has 3 nitrogen and oxygen atoms in total. The molecule has 0 aromatic heterocycles. The summed E-state index contributed by atoms with van der Waals surface area (Å²) in [5.74, 6) is -1.01. The maximum absolute atomic E-state index is 10.4. The van der Waals surface area contributed by atoms with Crippen molar-refractivity contribution in [3.63, 3.8) is 0 Å². The molecule has 0 bridgehead atoms. The van der Waals surface area contributed by atoms with Crippen LogP contribution >= 0.6 is 12.0 Å². The molecule has 0 heterocycles. The van der Waals surface area contributed by atoms with Gasteiger partial charge in [-0.05, 0) is 23.1 Å². The molecule has 58 valence electrons. The molecule has 0 saturated carbocycles. The zero-order valence-electron chi connectivity index (χ0n) is 6.48. The van der Waals surface area contributed by atoms with Crippen molar-refractivity contribution in [1.82, 2.24) is 0 Å². The summed E-state index contributed by atoms with van der Waals surface area (Å²) in [6.07, 6.45) is 0. The second-order valence-electron chi connectivity index (χ2n) is 1.92. The number of carboxylic acid groups (broad SMARTS) is 1. The minimum absolute atomic E-state index is 0. The first-order valence-corrected chi connectivity index (χ1v) is 3.61. The molecule has 0 atom stereocenters. The fourth-order valence-electron chi connectivity index (χ4n) is 0.681. The molecule has 1 aromatic rings. The maximum atomic E-state index is 10.4. The molecule has 0 saturated heterocycles. The smallest absolute Gasteiger partial charge is 0.795 e. The van der Waals surface area contributed by atoms with Gasteiger partial charge in [-0.3, -0.25) is 0 Å². The molecule has 0 amide bonds. The summed E-state index contributed by atoms with van der Waals surface area (Å²) in [6.45, 7) is 0. The van der Waals surface area contributed by atoms with Crippen molar-refractivity contribution in [3.05, 3.63) is 29.8 Å². The topological polar surface area (TPSA) is 60.4 Å². The van der Waals surface area contributed by atoms with Crippen molar-refractivity contribution in [3.8, 4) is 0 Å². The molecule has 0 fully saturated rings. The van der Waals surface area contributed by atoms with Crippen molar-refractivity contribution in [1.29, 1.82) is 0 Å². The summed E-state index contributed by atoms with van der Waals surface area (Å²) in [6, 6.07) is 5.91. The van der Waals surface area contributed by atoms with Gasteiger partial charge in [-0.2, -0.15) is 0 Å². The van der Waals surface area contributed by atoms with Crippen LogP contribution in [0.3, 0.4) is 0 Å². The van der Waals surface area contributed by atoms with Gasteiger partial charge in [-0.15, -0.1) is 0 Å². The predicted molar refractivity (Wildman–Crippen MR) is 40.0 cm³/mol. The summed E-state index contributed by atoms with van der Waals surface area (Å²) in [5, 5.41) is 8.49. The van der Waals surface area contributed by atoms with Crippen molar-refractivity contribution in [2.45, 2.75) is 4.90 Å². The third kappa shape index (κ3) is 3.57. The third-order valence-corrected chi connectivity index (χ3v) is 1.62. The molecule has 1 aromatic carbocycles. The summed E-state index contributed by atoms with van der Waals surface area (Å²) in [4.78, 5) is 10.8. The predicted octanol–water partition coefficient (Wildman–Crippen LogP) is -1.39. The summed E-state index contributed by atoms with van der Waals surface area (Å²) >= 11 is 0.287. The minimum atomic E-state index is -1.01. The van der Waals surface area contributed by atoms with E-state index in [4.69, 9.17) is 5.11 Å². The van der Waals surface area contributed by atoms with E-state index in [1.807, 2.05) is 0 Å². The second kappa shape index (κ2) is 6.15. The van der Waals surface area contributed by atoms with E-state index in [0.717, 1.165) is 0 Å². The number of carboxylic acids is 1. The van der Waals surface area contributed by atoms with E-state index in [-0.39, 0.29) is 69.0 Å². The summed E-state index contributed by atoms with van der Waals surface area (Å²) < 4.78 is 10.2. The molecule has 1 N–H and O–H groups in total. The average molecular weight is 208 g/mol. The zero-order valence-corrected chi connectivity index (χ0v) is 10.4. The SMILES string of the molecule is O=C(O)c1cccc(S[O-])c1.[K+]. The van der Waals surface area contributed by atoms with Crippen LogP contribution < -0.4 is 51.4 Å². The van der Waals surface area contributed by atoms with Crippen molar-refractivity contribution in [2.75, 3.05) is 0 Å². The fraction of sp³-hybridized carbons (Fsp3) is 0. The Hall–Kier alpha value is 0.636. The van der Waals surface area contributed by atoms with Crippen molar-refractivity contribution >= 4 is 18.0 Å². The Morgan fingerprint density at radius 1 is 1.50 bits per heavy atom. The number of benzene rings is 1. The van der Waals surface area contributed by atoms with E-state index < -0.39 is 5.97 Å². The van der Waals surface area contributed by atoms with Crippen LogP contribution in [0.4, 0.5) is 0 Å². The van der Waals surface area contributed by atoms with E-state index >= 15 is 0 Å². The number of rotatable bonds is 2. The standard InChI is InChI=1S/C7H6O3S.K/c8-7(9)5-2-1-3-6(4-5)11-10;/h1-4,10H,(H,8,9);/q;+1/p-1. The molecule has 12 heavy (non-hydrogen) atoms. The Kier molecular flexibility index (Phi) is 6.47. The van der Waals surface area contributed by atoms with E-state index in [0.29, 0.717) is 4.90 Å². The average Bonchev–Trinajstić information content (AvgIpc) is 2.05. The first-order valence-electron chi connectivity index (χ1n) is 2.87. The van der Waals surface area contributed by atoms with Gasteiger partial charge < -0.3 is 9.66 Å². The Bertz CT molecular complexity index is 277. The molecule has 0 unspecified atom stereocenters. The molecule has 0 spiro atoms. The summed E-state index contributed by atoms with van der Waals surface area (Å²) in [7, 11) is 0. The van der Waals surface area contributed by atoms with Crippen LogP contribution in [0.15, 0.2) is 29.2 Å². The minimum Gasteiger partial charge on any atom is -0.795 e. The molecule has 0 aliphatic carbocycles. The van der Waals surface area contributed by atoms with Crippen LogP contribution in [0.25, 0.3) is 0 Å². The zero-order chi connectivity index (χ0) is 8.27. The Morgan fingerprint density at radius 3 is 2.67 bits per heavy atom. The van der Waals surface area contributed by atoms with E-state index in [1.54, 1.807) is 12.1 Å². The van der Waals surface area contributed by atoms with E-state index in [2.05, 4.69) is 0 Å². The number of hydrogen-bond donors (Lipinski definition) is 1. The van der Waals surface area contributed by atoms with Crippen LogP contribution in [0.5, 0.6) is 0 Å². The quantitative estimate of drug-likeness (QED) is 0.480. The summed E-state index contributed by atoms with van der Waals surface area (Å²) in [5.41, 5.74) is 0.144. The monoisotopic (exact) mass is 208 g/mol. The van der Waals surface area contributed by atoms with Gasteiger partial charge in [0.25, 0.3) is 0 Å². The van der Waals surface area contributed by atoms with Crippen LogP contribution in [-0.4, -0.2) is 15.6 Å². The number of aromatic carboxylic acids is 1. The van der Waals surface area contributed by atoms with E-state index in [9.17, 15) is 9.35 Å². The third-order valence-electron chi connectivity index (χ3n) is 1.18. The molecule has 0 aliphatic heterocycles. The van der Waals surface area contributed by atoms with Gasteiger partial charge in [-0.25, -0.2) is 16.8 Å². The fourth-order valence-corrected chi connectivity index (χ4v) is 0.990. The first-order chi connectivity index (χ1) is 5.24. The Morgan fingerprint density at radius 2 is 2.17 bits per heavy atom. The van der Waals surface area contributed by atoms with Crippen LogP contribution in [0.2, 0.25) is 0 Å². The number of carbonyl (C=O) groups is 1. The number of hydrogen-bond acceptors (Lipinski definition) is 3. The Balaban J connectivity index is 0.00000121. The largest absolute Gasteiger partial charge is 1.00 e. The molecule has 1 rings (SSSR count). The van der Waals surface area contributed by atoms with Gasteiger partial charge in [0.1, 0.15) is 0 Å². The first kappa shape index (κ1) is 12.6. The van der Waals surface area contributed by atoms with Gasteiger partial charge in [-0.1, -0.05) is 6.07 Å².